The van der Waals surface area contributed by atoms with E-state index >= 15 is 0 Å². The lowest BCUT2D eigenvalue weighted by molar-refractivity contribution is 0.395. The Morgan fingerprint density at radius 2 is 1.83 bits per heavy atom. The number of aromatic nitrogens is 1. The molecule has 0 spiro atoms. The average molecular weight is 410 g/mol. The van der Waals surface area contributed by atoms with Gasteiger partial charge in [-0.3, -0.25) is 4.99 Å². The van der Waals surface area contributed by atoms with Gasteiger partial charge in [0.1, 0.15) is 11.5 Å². The molecule has 6 heteroatoms. The number of rotatable bonds is 6. The maximum absolute atomic E-state index is 5.61. The molecule has 0 saturated carbocycles. The molecule has 0 unspecified atom stereocenters. The molecule has 0 fully saturated rings. The zero-order chi connectivity index (χ0) is 21.0. The van der Waals surface area contributed by atoms with Crippen LogP contribution in [-0.2, 0) is 0 Å². The van der Waals surface area contributed by atoms with Gasteiger partial charge in [-0.2, -0.15) is 5.10 Å². The van der Waals surface area contributed by atoms with Crippen molar-refractivity contribution in [1.29, 1.82) is 0 Å². The normalized spacial score (nSPS) is 12.2. The fourth-order valence-electron chi connectivity index (χ4n) is 3.01. The van der Waals surface area contributed by atoms with Crippen LogP contribution in [0.15, 0.2) is 51.9 Å². The summed E-state index contributed by atoms with van der Waals surface area (Å²) in [6.07, 6.45) is 1.89. The first-order valence-electron chi connectivity index (χ1n) is 9.51. The molecule has 0 amide bonds. The fourth-order valence-corrected chi connectivity index (χ4v) is 3.97. The summed E-state index contributed by atoms with van der Waals surface area (Å²) in [5, 5.41) is 6.86. The van der Waals surface area contributed by atoms with Crippen molar-refractivity contribution in [2.45, 2.75) is 33.7 Å². The molecule has 0 aliphatic heterocycles. The molecule has 0 radical (unpaired) electrons. The van der Waals surface area contributed by atoms with Crippen molar-refractivity contribution >= 4 is 17.6 Å². The average Bonchev–Trinajstić information content (AvgIpc) is 3.08. The van der Waals surface area contributed by atoms with E-state index in [9.17, 15) is 0 Å². The Kier molecular flexibility index (Phi) is 6.54. The summed E-state index contributed by atoms with van der Waals surface area (Å²) in [6, 6.07) is 12.3. The minimum Gasteiger partial charge on any atom is -0.497 e. The second-order valence-electron chi connectivity index (χ2n) is 7.11. The number of hydrogen-bond acceptors (Lipinski definition) is 5. The van der Waals surface area contributed by atoms with Crippen LogP contribution in [0.5, 0.6) is 11.5 Å². The number of aryl methyl sites for hydroxylation is 2. The van der Waals surface area contributed by atoms with Gasteiger partial charge in [0.25, 0.3) is 0 Å². The predicted molar refractivity (Wildman–Crippen MR) is 120 cm³/mol. The van der Waals surface area contributed by atoms with Crippen LogP contribution in [0.1, 0.15) is 30.5 Å². The van der Waals surface area contributed by atoms with Crippen LogP contribution in [0.2, 0.25) is 0 Å². The monoisotopic (exact) mass is 409 g/mol. The molecule has 1 heterocycles. The molecule has 2 aromatic carbocycles. The Morgan fingerprint density at radius 1 is 1.03 bits per heavy atom. The van der Waals surface area contributed by atoms with Gasteiger partial charge in [0.2, 0.25) is 4.80 Å². The van der Waals surface area contributed by atoms with E-state index < -0.39 is 0 Å². The molecular weight excluding hydrogens is 382 g/mol. The standard InChI is InChI=1S/C23H27N3O2S/c1-15(2)25-23-26(24-13-18-8-7-16(3)11-17(18)4)21(14-29-23)20-10-9-19(27-5)12-22(20)28-6/h7-15H,1-6H3. The third kappa shape index (κ3) is 4.77. The van der Waals surface area contributed by atoms with Gasteiger partial charge in [0.15, 0.2) is 0 Å². The van der Waals surface area contributed by atoms with Gasteiger partial charge in [0.05, 0.1) is 26.1 Å². The van der Waals surface area contributed by atoms with Crippen molar-refractivity contribution in [2.24, 2.45) is 10.1 Å². The highest BCUT2D eigenvalue weighted by atomic mass is 32.1. The second-order valence-corrected chi connectivity index (χ2v) is 7.95. The quantitative estimate of drug-likeness (QED) is 0.535. The third-order valence-corrected chi connectivity index (χ3v) is 5.31. The lowest BCUT2D eigenvalue weighted by Gasteiger charge is -2.11. The first-order chi connectivity index (χ1) is 13.9. The van der Waals surface area contributed by atoms with Gasteiger partial charge < -0.3 is 9.47 Å². The van der Waals surface area contributed by atoms with Crippen LogP contribution < -0.4 is 14.3 Å². The van der Waals surface area contributed by atoms with Crippen LogP contribution in [-0.4, -0.2) is 31.2 Å². The summed E-state index contributed by atoms with van der Waals surface area (Å²) in [4.78, 5) is 5.59. The topological polar surface area (TPSA) is 48.1 Å². The summed E-state index contributed by atoms with van der Waals surface area (Å²) >= 11 is 1.57. The smallest absolute Gasteiger partial charge is 0.206 e. The van der Waals surface area contributed by atoms with E-state index in [0.717, 1.165) is 33.1 Å². The van der Waals surface area contributed by atoms with E-state index in [1.807, 2.05) is 29.1 Å². The van der Waals surface area contributed by atoms with Crippen molar-refractivity contribution in [3.8, 4) is 22.8 Å². The van der Waals surface area contributed by atoms with Gasteiger partial charge in [-0.25, -0.2) is 4.68 Å². The van der Waals surface area contributed by atoms with E-state index in [2.05, 4.69) is 51.3 Å². The van der Waals surface area contributed by atoms with Gasteiger partial charge in [-0.05, 0) is 51.0 Å². The molecule has 3 rings (SSSR count). The Balaban J connectivity index is 2.15. The molecule has 0 aliphatic rings. The maximum Gasteiger partial charge on any atom is 0.206 e. The maximum atomic E-state index is 5.61. The molecule has 3 aromatic rings. The first kappa shape index (κ1) is 20.9. The molecule has 5 nitrogen and oxygen atoms in total. The van der Waals surface area contributed by atoms with Crippen molar-refractivity contribution in [3.63, 3.8) is 0 Å². The first-order valence-corrected chi connectivity index (χ1v) is 10.4. The number of thiazole rings is 1. The zero-order valence-corrected chi connectivity index (χ0v) is 18.6. The molecule has 152 valence electrons. The molecule has 0 saturated heterocycles. The van der Waals surface area contributed by atoms with Crippen molar-refractivity contribution < 1.29 is 9.47 Å². The lowest BCUT2D eigenvalue weighted by atomic mass is 10.1. The van der Waals surface area contributed by atoms with Gasteiger partial charge in [0, 0.05) is 23.1 Å². The minimum atomic E-state index is 0.168. The Bertz CT molecular complexity index is 1090. The highest BCUT2D eigenvalue weighted by Gasteiger charge is 2.14. The number of benzene rings is 2. The van der Waals surface area contributed by atoms with Crippen LogP contribution in [0, 0.1) is 13.8 Å². The van der Waals surface area contributed by atoms with Crippen LogP contribution in [0.3, 0.4) is 0 Å². The van der Waals surface area contributed by atoms with E-state index in [0.29, 0.717) is 0 Å². The zero-order valence-electron chi connectivity index (χ0n) is 17.8. The van der Waals surface area contributed by atoms with E-state index in [1.165, 1.54) is 11.1 Å². The molecule has 0 N–H and O–H groups in total. The lowest BCUT2D eigenvalue weighted by Crippen LogP contribution is -2.14. The molecule has 0 aliphatic carbocycles. The Labute approximate surface area is 176 Å². The van der Waals surface area contributed by atoms with E-state index in [4.69, 9.17) is 19.6 Å². The molecule has 0 bridgehead atoms. The fraction of sp³-hybridized carbons (Fsp3) is 0.304. The summed E-state index contributed by atoms with van der Waals surface area (Å²) < 4.78 is 12.8. The number of nitrogens with zero attached hydrogens (tertiary/aromatic N) is 3. The number of methoxy groups -OCH3 is 2. The molecule has 0 atom stereocenters. The van der Waals surface area contributed by atoms with Crippen LogP contribution >= 0.6 is 11.3 Å². The molecular formula is C23H27N3O2S. The van der Waals surface area contributed by atoms with Crippen molar-refractivity contribution in [2.75, 3.05) is 14.2 Å². The summed E-state index contributed by atoms with van der Waals surface area (Å²) in [5.41, 5.74) is 5.37. The second kappa shape index (κ2) is 9.09. The minimum absolute atomic E-state index is 0.168. The largest absolute Gasteiger partial charge is 0.497 e. The molecule has 29 heavy (non-hydrogen) atoms. The van der Waals surface area contributed by atoms with Crippen molar-refractivity contribution in [3.05, 3.63) is 63.3 Å². The Morgan fingerprint density at radius 3 is 2.48 bits per heavy atom. The van der Waals surface area contributed by atoms with E-state index in [-0.39, 0.29) is 6.04 Å². The summed E-state index contributed by atoms with van der Waals surface area (Å²) in [7, 11) is 3.31. The predicted octanol–water partition coefficient (Wildman–Crippen LogP) is 5.04. The highest BCUT2D eigenvalue weighted by Crippen LogP contribution is 2.33. The third-order valence-electron chi connectivity index (χ3n) is 4.48. The van der Waals surface area contributed by atoms with Crippen LogP contribution in [0.25, 0.3) is 11.3 Å². The van der Waals surface area contributed by atoms with E-state index in [1.54, 1.807) is 25.6 Å². The SMILES string of the molecule is COc1ccc(-c2csc(=NC(C)C)n2N=Cc2ccc(C)cc2C)c(OC)c1. The van der Waals surface area contributed by atoms with Gasteiger partial charge in [-0.1, -0.05) is 23.8 Å². The summed E-state index contributed by atoms with van der Waals surface area (Å²) in [6.45, 7) is 8.31. The van der Waals surface area contributed by atoms with Gasteiger partial charge in [-0.15, -0.1) is 11.3 Å². The van der Waals surface area contributed by atoms with Crippen LogP contribution in [0.4, 0.5) is 0 Å². The van der Waals surface area contributed by atoms with Gasteiger partial charge >= 0.3 is 0 Å². The number of ether oxygens (including phenoxy) is 2. The summed E-state index contributed by atoms with van der Waals surface area (Å²) in [5.74, 6) is 1.48. The number of hydrogen-bond donors (Lipinski definition) is 0. The Hall–Kier alpha value is -2.86. The highest BCUT2D eigenvalue weighted by molar-refractivity contribution is 7.07. The van der Waals surface area contributed by atoms with Crippen molar-refractivity contribution in [1.82, 2.24) is 4.68 Å². The molecule has 1 aromatic heterocycles.